The Labute approximate surface area is 167 Å². The zero-order valence-corrected chi connectivity index (χ0v) is 17.6. The Balaban J connectivity index is 1.53. The van der Waals surface area contributed by atoms with Gasteiger partial charge in [-0.2, -0.15) is 0 Å². The lowest BCUT2D eigenvalue weighted by Crippen LogP contribution is -2.48. The molecule has 0 unspecified atom stereocenters. The maximum absolute atomic E-state index is 12.6. The maximum Gasteiger partial charge on any atom is 0.321 e. The zero-order chi connectivity index (χ0) is 20.3. The summed E-state index contributed by atoms with van der Waals surface area (Å²) < 4.78 is 26.8. The molecular weight excluding hydrogens is 376 g/mol. The van der Waals surface area contributed by atoms with Crippen molar-refractivity contribution < 1.29 is 13.2 Å². The number of carbonyl (C=O) groups is 1. The third-order valence-electron chi connectivity index (χ3n) is 5.37. The van der Waals surface area contributed by atoms with Crippen molar-refractivity contribution in [3.63, 3.8) is 0 Å². The van der Waals surface area contributed by atoms with Crippen LogP contribution in [0.1, 0.15) is 32.3 Å². The topological polar surface area (TPSA) is 81.8 Å². The molecule has 2 aliphatic heterocycles. The van der Waals surface area contributed by atoms with Crippen LogP contribution in [0.2, 0.25) is 0 Å². The molecular formula is C20H30N4O3S. The van der Waals surface area contributed by atoms with Crippen molar-refractivity contribution in [2.24, 2.45) is 0 Å². The predicted octanol–water partition coefficient (Wildman–Crippen LogP) is 2.70. The lowest BCUT2D eigenvalue weighted by molar-refractivity contribution is 0.193. The highest BCUT2D eigenvalue weighted by Crippen LogP contribution is 2.24. The molecule has 3 rings (SSSR count). The van der Waals surface area contributed by atoms with Crippen LogP contribution in [-0.4, -0.2) is 56.8 Å². The highest BCUT2D eigenvalue weighted by atomic mass is 32.2. The SMILES string of the molecule is Cc1cc(N2CC=CC2)ccc1NC(=O)N1CCC(NS(=O)(=O)C(C)C)CC1. The van der Waals surface area contributed by atoms with E-state index in [1.54, 1.807) is 18.7 Å². The maximum atomic E-state index is 12.6. The van der Waals surface area contributed by atoms with Gasteiger partial charge in [-0.05, 0) is 57.4 Å². The standard InChI is InChI=1S/C20H30N4O3S/c1-15(2)28(26,27)22-17-8-12-24(13-9-17)20(25)21-19-7-6-18(14-16(19)3)23-10-4-5-11-23/h4-7,14-15,17,22H,8-13H2,1-3H3,(H,21,25). The molecule has 2 N–H and O–H groups in total. The number of urea groups is 1. The second kappa shape index (κ2) is 8.53. The van der Waals surface area contributed by atoms with Crippen LogP contribution in [0.15, 0.2) is 30.4 Å². The third-order valence-corrected chi connectivity index (χ3v) is 7.27. The van der Waals surface area contributed by atoms with E-state index < -0.39 is 15.3 Å². The number of nitrogens with zero attached hydrogens (tertiary/aromatic N) is 2. The second-order valence-corrected chi connectivity index (χ2v) is 10.0. The quantitative estimate of drug-likeness (QED) is 0.737. The van der Waals surface area contributed by atoms with Crippen molar-refractivity contribution in [1.29, 1.82) is 0 Å². The Morgan fingerprint density at radius 1 is 1.14 bits per heavy atom. The number of hydrogen-bond donors (Lipinski definition) is 2. The minimum absolute atomic E-state index is 0.105. The molecule has 0 radical (unpaired) electrons. The summed E-state index contributed by atoms with van der Waals surface area (Å²) in [5.74, 6) is 0. The first-order chi connectivity index (χ1) is 13.3. The predicted molar refractivity (Wildman–Crippen MR) is 113 cm³/mol. The molecule has 0 aromatic heterocycles. The first-order valence-corrected chi connectivity index (χ1v) is 11.4. The summed E-state index contributed by atoms with van der Waals surface area (Å²) in [4.78, 5) is 16.6. The normalized spacial score (nSPS) is 18.1. The number of amides is 2. The van der Waals surface area contributed by atoms with Gasteiger partial charge in [-0.3, -0.25) is 0 Å². The Hall–Kier alpha value is -2.06. The van der Waals surface area contributed by atoms with E-state index in [1.165, 1.54) is 0 Å². The van der Waals surface area contributed by atoms with Gasteiger partial charge in [0.15, 0.2) is 0 Å². The Kier molecular flexibility index (Phi) is 6.30. The number of benzene rings is 1. The third kappa shape index (κ3) is 4.86. The molecule has 0 saturated carbocycles. The summed E-state index contributed by atoms with van der Waals surface area (Å²) in [5.41, 5.74) is 2.99. The first kappa shape index (κ1) is 20.7. The second-order valence-electron chi connectivity index (χ2n) is 7.78. The van der Waals surface area contributed by atoms with Crippen LogP contribution in [-0.2, 0) is 10.0 Å². The lowest BCUT2D eigenvalue weighted by Gasteiger charge is -2.32. The largest absolute Gasteiger partial charge is 0.364 e. The molecule has 28 heavy (non-hydrogen) atoms. The number of aryl methyl sites for hydroxylation is 1. The van der Waals surface area contributed by atoms with Gasteiger partial charge in [-0.1, -0.05) is 12.2 Å². The molecule has 8 heteroatoms. The van der Waals surface area contributed by atoms with Gasteiger partial charge in [0.1, 0.15) is 0 Å². The van der Waals surface area contributed by atoms with Crippen LogP contribution in [0.4, 0.5) is 16.2 Å². The number of hydrogen-bond acceptors (Lipinski definition) is 4. The number of sulfonamides is 1. The van der Waals surface area contributed by atoms with E-state index in [0.29, 0.717) is 25.9 Å². The minimum atomic E-state index is -3.28. The monoisotopic (exact) mass is 406 g/mol. The van der Waals surface area contributed by atoms with Gasteiger partial charge >= 0.3 is 6.03 Å². The van der Waals surface area contributed by atoms with Crippen LogP contribution < -0.4 is 14.9 Å². The van der Waals surface area contributed by atoms with Crippen molar-refractivity contribution in [3.8, 4) is 0 Å². The van der Waals surface area contributed by atoms with Crippen molar-refractivity contribution >= 4 is 27.4 Å². The van der Waals surface area contributed by atoms with Crippen LogP contribution >= 0.6 is 0 Å². The van der Waals surface area contributed by atoms with Crippen molar-refractivity contribution in [1.82, 2.24) is 9.62 Å². The molecule has 0 atom stereocenters. The molecule has 154 valence electrons. The van der Waals surface area contributed by atoms with Gasteiger partial charge in [-0.25, -0.2) is 17.9 Å². The van der Waals surface area contributed by atoms with Crippen LogP contribution in [0.3, 0.4) is 0 Å². The van der Waals surface area contributed by atoms with Crippen molar-refractivity contribution in [3.05, 3.63) is 35.9 Å². The molecule has 2 amide bonds. The van der Waals surface area contributed by atoms with E-state index in [4.69, 9.17) is 0 Å². The van der Waals surface area contributed by atoms with E-state index in [-0.39, 0.29) is 12.1 Å². The molecule has 1 saturated heterocycles. The zero-order valence-electron chi connectivity index (χ0n) is 16.8. The minimum Gasteiger partial charge on any atom is -0.364 e. The molecule has 0 spiro atoms. The van der Waals surface area contributed by atoms with E-state index in [0.717, 1.165) is 30.0 Å². The van der Waals surface area contributed by atoms with E-state index in [1.807, 2.05) is 19.1 Å². The molecule has 0 bridgehead atoms. The van der Waals surface area contributed by atoms with E-state index in [9.17, 15) is 13.2 Å². The fraction of sp³-hybridized carbons (Fsp3) is 0.550. The molecule has 1 aromatic carbocycles. The van der Waals surface area contributed by atoms with Gasteiger partial charge in [-0.15, -0.1) is 0 Å². The summed E-state index contributed by atoms with van der Waals surface area (Å²) in [6.07, 6.45) is 5.55. The highest BCUT2D eigenvalue weighted by molar-refractivity contribution is 7.90. The average Bonchev–Trinajstić information content (AvgIpc) is 3.18. The van der Waals surface area contributed by atoms with Crippen LogP contribution in [0, 0.1) is 6.92 Å². The average molecular weight is 407 g/mol. The Morgan fingerprint density at radius 2 is 1.79 bits per heavy atom. The summed E-state index contributed by atoms with van der Waals surface area (Å²) in [7, 11) is -3.28. The van der Waals surface area contributed by atoms with E-state index >= 15 is 0 Å². The van der Waals surface area contributed by atoms with Gasteiger partial charge < -0.3 is 15.1 Å². The highest BCUT2D eigenvalue weighted by Gasteiger charge is 2.27. The number of nitrogens with one attached hydrogen (secondary N) is 2. The molecule has 7 nitrogen and oxygen atoms in total. The summed E-state index contributed by atoms with van der Waals surface area (Å²) in [5, 5.41) is 2.55. The summed E-state index contributed by atoms with van der Waals surface area (Å²) in [6, 6.07) is 5.83. The molecule has 2 aliphatic rings. The Bertz CT molecular complexity index is 835. The fourth-order valence-corrected chi connectivity index (χ4v) is 4.41. The molecule has 1 aromatic rings. The number of rotatable bonds is 5. The van der Waals surface area contributed by atoms with Crippen molar-refractivity contribution in [2.75, 3.05) is 36.4 Å². The molecule has 0 aliphatic carbocycles. The van der Waals surface area contributed by atoms with Crippen molar-refractivity contribution in [2.45, 2.75) is 44.9 Å². The number of piperidine rings is 1. The first-order valence-electron chi connectivity index (χ1n) is 9.84. The van der Waals surface area contributed by atoms with Crippen LogP contribution in [0.5, 0.6) is 0 Å². The van der Waals surface area contributed by atoms with Gasteiger partial charge in [0, 0.05) is 43.6 Å². The summed E-state index contributed by atoms with van der Waals surface area (Å²) >= 11 is 0. The van der Waals surface area contributed by atoms with Gasteiger partial charge in [0.25, 0.3) is 0 Å². The number of anilines is 2. The molecule has 1 fully saturated rings. The number of carbonyl (C=O) groups excluding carboxylic acids is 1. The lowest BCUT2D eigenvalue weighted by atomic mass is 10.1. The van der Waals surface area contributed by atoms with Gasteiger partial charge in [0.05, 0.1) is 5.25 Å². The smallest absolute Gasteiger partial charge is 0.321 e. The number of likely N-dealkylation sites (tertiary alicyclic amines) is 1. The molecule has 2 heterocycles. The van der Waals surface area contributed by atoms with Gasteiger partial charge in [0.2, 0.25) is 10.0 Å². The summed E-state index contributed by atoms with van der Waals surface area (Å²) in [6.45, 7) is 8.23. The Morgan fingerprint density at radius 3 is 2.36 bits per heavy atom. The van der Waals surface area contributed by atoms with Crippen LogP contribution in [0.25, 0.3) is 0 Å². The fourth-order valence-electron chi connectivity index (χ4n) is 3.44. The van der Waals surface area contributed by atoms with E-state index in [2.05, 4.69) is 33.2 Å².